The quantitative estimate of drug-likeness (QED) is 0.407. The van der Waals surface area contributed by atoms with Crippen molar-refractivity contribution in [1.29, 1.82) is 0 Å². The maximum atomic E-state index is 5.81. The Labute approximate surface area is 160 Å². The fourth-order valence-electron chi connectivity index (χ4n) is 2.01. The molecule has 132 valence electrons. The van der Waals surface area contributed by atoms with Crippen LogP contribution in [0.1, 0.15) is 24.3 Å². The first-order chi connectivity index (χ1) is 11.1. The smallest absolute Gasteiger partial charge is 0.214 e. The van der Waals surface area contributed by atoms with Gasteiger partial charge in [0, 0.05) is 7.05 Å². The molecule has 0 aliphatic rings. The number of nitrogens with one attached hydrogen (secondary N) is 2. The number of halogens is 1. The van der Waals surface area contributed by atoms with E-state index < -0.39 is 0 Å². The molecule has 0 bridgehead atoms. The lowest BCUT2D eigenvalue weighted by atomic mass is 10.3. The predicted molar refractivity (Wildman–Crippen MR) is 106 cm³/mol. The molecule has 1 heterocycles. The van der Waals surface area contributed by atoms with Crippen LogP contribution in [0.25, 0.3) is 0 Å². The number of aromatic nitrogens is 1. The van der Waals surface area contributed by atoms with Gasteiger partial charge in [-0.15, -0.1) is 24.0 Å². The summed E-state index contributed by atoms with van der Waals surface area (Å²) in [5.41, 5.74) is 0.912. The van der Waals surface area contributed by atoms with Gasteiger partial charge in [0.25, 0.3) is 0 Å². The monoisotopic (exact) mass is 444 g/mol. The first kappa shape index (κ1) is 20.3. The van der Waals surface area contributed by atoms with Gasteiger partial charge in [0.15, 0.2) is 5.96 Å². The molecule has 0 amide bonds. The van der Waals surface area contributed by atoms with Crippen molar-refractivity contribution in [3.63, 3.8) is 0 Å². The fraction of sp³-hybridized carbons (Fsp3) is 0.412. The van der Waals surface area contributed by atoms with E-state index in [1.165, 1.54) is 0 Å². The van der Waals surface area contributed by atoms with Crippen LogP contribution in [-0.4, -0.2) is 30.6 Å². The topological polar surface area (TPSA) is 71.7 Å². The van der Waals surface area contributed by atoms with Crippen molar-refractivity contribution in [2.45, 2.75) is 33.4 Å². The van der Waals surface area contributed by atoms with Crippen molar-refractivity contribution in [1.82, 2.24) is 15.6 Å². The number of aryl methyl sites for hydroxylation is 2. The number of rotatable bonds is 6. The first-order valence-corrected chi connectivity index (χ1v) is 7.67. The van der Waals surface area contributed by atoms with Gasteiger partial charge in [-0.3, -0.25) is 4.99 Å². The molecule has 0 radical (unpaired) electrons. The van der Waals surface area contributed by atoms with Gasteiger partial charge in [-0.2, -0.15) is 0 Å². The van der Waals surface area contributed by atoms with E-state index in [-0.39, 0.29) is 30.1 Å². The highest BCUT2D eigenvalue weighted by Gasteiger charge is 2.08. The van der Waals surface area contributed by atoms with E-state index in [0.29, 0.717) is 24.9 Å². The fourth-order valence-corrected chi connectivity index (χ4v) is 2.01. The molecule has 0 spiro atoms. The zero-order chi connectivity index (χ0) is 16.7. The molecular formula is C17H25IN4O2. The molecule has 0 aliphatic heterocycles. The molecule has 0 saturated heterocycles. The summed E-state index contributed by atoms with van der Waals surface area (Å²) in [6, 6.07) is 9.76. The number of benzene rings is 1. The molecule has 1 atom stereocenters. The van der Waals surface area contributed by atoms with E-state index in [4.69, 9.17) is 9.15 Å². The SMILES string of the molecule is CN=C(NCc1nc(C)c(C)o1)NCC(C)Oc1ccccc1.I. The highest BCUT2D eigenvalue weighted by Crippen LogP contribution is 2.10. The third kappa shape index (κ3) is 6.38. The standard InChI is InChI=1S/C17H24N4O2.HI/c1-12(22-15-8-6-5-7-9-15)10-19-17(18-4)20-11-16-21-13(2)14(3)23-16;/h5-9,12H,10-11H2,1-4H3,(H2,18,19,20);1H. The van der Waals surface area contributed by atoms with Gasteiger partial charge in [-0.25, -0.2) is 4.98 Å². The normalized spacial score (nSPS) is 12.2. The molecule has 1 aromatic carbocycles. The van der Waals surface area contributed by atoms with Crippen molar-refractivity contribution in [3.8, 4) is 5.75 Å². The largest absolute Gasteiger partial charge is 0.489 e. The van der Waals surface area contributed by atoms with Crippen LogP contribution in [0.3, 0.4) is 0 Å². The molecule has 1 aromatic heterocycles. The van der Waals surface area contributed by atoms with Crippen molar-refractivity contribution in [2.75, 3.05) is 13.6 Å². The Morgan fingerprint density at radius 3 is 2.54 bits per heavy atom. The Morgan fingerprint density at radius 1 is 1.25 bits per heavy atom. The molecule has 1 unspecified atom stereocenters. The Bertz CT molecular complexity index is 624. The number of hydrogen-bond acceptors (Lipinski definition) is 4. The van der Waals surface area contributed by atoms with Crippen molar-refractivity contribution >= 4 is 29.9 Å². The highest BCUT2D eigenvalue weighted by molar-refractivity contribution is 14.0. The Balaban J connectivity index is 0.00000288. The van der Waals surface area contributed by atoms with Crippen LogP contribution in [0.5, 0.6) is 5.75 Å². The first-order valence-electron chi connectivity index (χ1n) is 7.67. The number of guanidine groups is 1. The molecule has 24 heavy (non-hydrogen) atoms. The van der Waals surface area contributed by atoms with Crippen LogP contribution in [-0.2, 0) is 6.54 Å². The molecule has 0 fully saturated rings. The Morgan fingerprint density at radius 2 is 1.96 bits per heavy atom. The highest BCUT2D eigenvalue weighted by atomic mass is 127. The van der Waals surface area contributed by atoms with Crippen LogP contribution in [0.4, 0.5) is 0 Å². The summed E-state index contributed by atoms with van der Waals surface area (Å²) in [6.45, 7) is 6.97. The van der Waals surface area contributed by atoms with Crippen molar-refractivity contribution in [3.05, 3.63) is 47.7 Å². The van der Waals surface area contributed by atoms with Gasteiger partial charge in [0.05, 0.1) is 18.8 Å². The average molecular weight is 444 g/mol. The number of nitrogens with zero attached hydrogens (tertiary/aromatic N) is 2. The maximum Gasteiger partial charge on any atom is 0.214 e. The predicted octanol–water partition coefficient (Wildman–Crippen LogP) is 3.04. The lowest BCUT2D eigenvalue weighted by Gasteiger charge is -2.17. The average Bonchev–Trinajstić information content (AvgIpc) is 2.87. The molecule has 2 N–H and O–H groups in total. The molecular weight excluding hydrogens is 419 g/mol. The minimum Gasteiger partial charge on any atom is -0.489 e. The summed E-state index contributed by atoms with van der Waals surface area (Å²) in [5.74, 6) is 3.03. The number of para-hydroxylation sites is 1. The zero-order valence-corrected chi connectivity index (χ0v) is 16.8. The minimum atomic E-state index is 0. The van der Waals surface area contributed by atoms with Crippen LogP contribution in [0, 0.1) is 13.8 Å². The van der Waals surface area contributed by atoms with Crippen LogP contribution < -0.4 is 15.4 Å². The second-order valence-electron chi connectivity index (χ2n) is 5.30. The van der Waals surface area contributed by atoms with Crippen molar-refractivity contribution < 1.29 is 9.15 Å². The number of oxazole rings is 1. The van der Waals surface area contributed by atoms with Gasteiger partial charge in [0.2, 0.25) is 5.89 Å². The number of aliphatic imine (C=N–C) groups is 1. The summed E-state index contributed by atoms with van der Waals surface area (Å²) in [4.78, 5) is 8.51. The molecule has 2 rings (SSSR count). The number of ether oxygens (including phenoxy) is 1. The second-order valence-corrected chi connectivity index (χ2v) is 5.30. The van der Waals surface area contributed by atoms with Gasteiger partial charge in [-0.05, 0) is 32.9 Å². The molecule has 2 aromatic rings. The number of hydrogen-bond donors (Lipinski definition) is 2. The van der Waals surface area contributed by atoms with E-state index in [1.54, 1.807) is 7.05 Å². The van der Waals surface area contributed by atoms with E-state index in [2.05, 4.69) is 20.6 Å². The maximum absolute atomic E-state index is 5.81. The molecule has 0 saturated carbocycles. The lowest BCUT2D eigenvalue weighted by Crippen LogP contribution is -2.41. The van der Waals surface area contributed by atoms with E-state index in [9.17, 15) is 0 Å². The Kier molecular flexibility index (Phi) is 8.59. The third-order valence-corrected chi connectivity index (χ3v) is 3.34. The van der Waals surface area contributed by atoms with E-state index >= 15 is 0 Å². The van der Waals surface area contributed by atoms with Crippen molar-refractivity contribution in [2.24, 2.45) is 4.99 Å². The van der Waals surface area contributed by atoms with Crippen LogP contribution in [0.2, 0.25) is 0 Å². The second kappa shape index (κ2) is 10.2. The van der Waals surface area contributed by atoms with Gasteiger partial charge >= 0.3 is 0 Å². The Hall–Kier alpha value is -1.77. The summed E-state index contributed by atoms with van der Waals surface area (Å²) < 4.78 is 11.3. The molecule has 6 nitrogen and oxygen atoms in total. The van der Waals surface area contributed by atoms with Gasteiger partial charge in [-0.1, -0.05) is 18.2 Å². The van der Waals surface area contributed by atoms with Crippen LogP contribution in [0.15, 0.2) is 39.7 Å². The zero-order valence-electron chi connectivity index (χ0n) is 14.5. The molecule has 7 heteroatoms. The molecule has 0 aliphatic carbocycles. The van der Waals surface area contributed by atoms with Gasteiger partial charge in [0.1, 0.15) is 17.6 Å². The van der Waals surface area contributed by atoms with Gasteiger partial charge < -0.3 is 19.8 Å². The lowest BCUT2D eigenvalue weighted by molar-refractivity contribution is 0.224. The summed E-state index contributed by atoms with van der Waals surface area (Å²) in [6.07, 6.45) is 0.0159. The minimum absolute atomic E-state index is 0. The third-order valence-electron chi connectivity index (χ3n) is 3.34. The van der Waals surface area contributed by atoms with Crippen LogP contribution >= 0.6 is 24.0 Å². The summed E-state index contributed by atoms with van der Waals surface area (Å²) in [7, 11) is 1.73. The van der Waals surface area contributed by atoms with E-state index in [1.807, 2.05) is 51.1 Å². The van der Waals surface area contributed by atoms with E-state index in [0.717, 1.165) is 17.2 Å². The summed E-state index contributed by atoms with van der Waals surface area (Å²) in [5, 5.41) is 6.40. The summed E-state index contributed by atoms with van der Waals surface area (Å²) >= 11 is 0.